The topological polar surface area (TPSA) is 13.0 Å². The van der Waals surface area contributed by atoms with E-state index in [1.54, 1.807) is 0 Å². The molecule has 14 heavy (non-hydrogen) atoms. The summed E-state index contributed by atoms with van der Waals surface area (Å²) in [5, 5.41) is 0. The highest BCUT2D eigenvalue weighted by Crippen LogP contribution is 2.33. The Labute approximate surface area is 84.4 Å². The van der Waals surface area contributed by atoms with Gasteiger partial charge in [-0.2, -0.15) is 0 Å². The average Bonchev–Trinajstić information content (AvgIpc) is 2.77. The molecule has 0 unspecified atom stereocenters. The molecule has 4 aliphatic rings. The maximum absolute atomic E-state index is 2.65. The van der Waals surface area contributed by atoms with Crippen LogP contribution in [-0.2, 0) is 0 Å². The first-order valence-electron chi connectivity index (χ1n) is 5.61. The second kappa shape index (κ2) is 2.44. The van der Waals surface area contributed by atoms with Gasteiger partial charge < -0.3 is 9.80 Å². The van der Waals surface area contributed by atoms with E-state index in [1.807, 2.05) is 0 Å². The van der Waals surface area contributed by atoms with E-state index < -0.39 is 0 Å². The summed E-state index contributed by atoms with van der Waals surface area (Å²) in [6.07, 6.45) is 5.86. The van der Waals surface area contributed by atoms with E-state index in [0.717, 1.165) is 0 Å². The van der Waals surface area contributed by atoms with Gasteiger partial charge >= 0.3 is 0 Å². The average molecular weight is 192 g/mol. The smallest absolute Gasteiger partial charge is 0.131 e. The number of hydrogen-bond acceptors (Lipinski definition) is 4. The summed E-state index contributed by atoms with van der Waals surface area (Å²) in [4.78, 5) is 10.3. The van der Waals surface area contributed by atoms with Gasteiger partial charge in [0, 0.05) is 51.7 Å². The van der Waals surface area contributed by atoms with Gasteiger partial charge in [0.05, 0.1) is 0 Å². The Morgan fingerprint density at radius 3 is 1.71 bits per heavy atom. The Kier molecular flexibility index (Phi) is 1.31. The molecule has 4 nitrogen and oxygen atoms in total. The molecule has 0 bridgehead atoms. The van der Waals surface area contributed by atoms with Crippen LogP contribution in [0.4, 0.5) is 0 Å². The van der Waals surface area contributed by atoms with Gasteiger partial charge in [-0.3, -0.25) is 9.80 Å². The predicted molar refractivity (Wildman–Crippen MR) is 53.3 cm³/mol. The van der Waals surface area contributed by atoms with Crippen LogP contribution in [0, 0.1) is 0 Å². The minimum Gasteiger partial charge on any atom is -0.352 e. The molecule has 4 heterocycles. The van der Waals surface area contributed by atoms with Gasteiger partial charge in [-0.05, 0) is 0 Å². The summed E-state index contributed by atoms with van der Waals surface area (Å²) in [7, 11) is 0. The van der Waals surface area contributed by atoms with Crippen molar-refractivity contribution in [2.24, 2.45) is 0 Å². The first-order valence-corrected chi connectivity index (χ1v) is 5.61. The number of rotatable bonds is 0. The van der Waals surface area contributed by atoms with E-state index in [9.17, 15) is 0 Å². The van der Waals surface area contributed by atoms with Crippen molar-refractivity contribution >= 4 is 0 Å². The number of piperazine rings is 2. The van der Waals surface area contributed by atoms with Gasteiger partial charge in [-0.1, -0.05) is 0 Å². The van der Waals surface area contributed by atoms with Crippen molar-refractivity contribution in [1.29, 1.82) is 0 Å². The monoisotopic (exact) mass is 192 g/mol. The molecule has 4 heteroatoms. The van der Waals surface area contributed by atoms with E-state index in [1.165, 1.54) is 39.3 Å². The Bertz CT molecular complexity index is 264. The predicted octanol–water partition coefficient (Wildman–Crippen LogP) is -0.628. The van der Waals surface area contributed by atoms with Crippen molar-refractivity contribution in [2.75, 3.05) is 39.3 Å². The molecule has 3 saturated heterocycles. The summed E-state index contributed by atoms with van der Waals surface area (Å²) >= 11 is 0. The van der Waals surface area contributed by atoms with Gasteiger partial charge in [0.1, 0.15) is 12.3 Å². The lowest BCUT2D eigenvalue weighted by molar-refractivity contribution is -0.0674. The molecule has 0 N–H and O–H groups in total. The molecular formula is C10H16N4. The number of nitrogens with zero attached hydrogens (tertiary/aromatic N) is 4. The molecule has 0 saturated carbocycles. The fourth-order valence-electron chi connectivity index (χ4n) is 3.40. The summed E-state index contributed by atoms with van der Waals surface area (Å²) in [5.41, 5.74) is 0. The molecule has 4 aliphatic heterocycles. The normalized spacial score (nSPS) is 40.9. The molecule has 0 atom stereocenters. The van der Waals surface area contributed by atoms with Gasteiger partial charge in [-0.15, -0.1) is 0 Å². The largest absolute Gasteiger partial charge is 0.352 e. The highest BCUT2D eigenvalue weighted by molar-refractivity contribution is 5.09. The molecule has 4 rings (SSSR count). The van der Waals surface area contributed by atoms with Crippen molar-refractivity contribution in [1.82, 2.24) is 19.6 Å². The summed E-state index contributed by atoms with van der Waals surface area (Å²) in [6, 6.07) is 0. The van der Waals surface area contributed by atoms with E-state index in [4.69, 9.17) is 0 Å². The zero-order valence-corrected chi connectivity index (χ0v) is 8.34. The Morgan fingerprint density at radius 1 is 0.643 bits per heavy atom. The summed E-state index contributed by atoms with van der Waals surface area (Å²) in [5.74, 6) is 0. The van der Waals surface area contributed by atoms with Crippen LogP contribution in [-0.4, -0.2) is 71.2 Å². The van der Waals surface area contributed by atoms with E-state index in [2.05, 4.69) is 32.0 Å². The molecule has 3 fully saturated rings. The standard InChI is InChI=1S/C10H16N4/c1-2-12-7-8-14-4-3-13-6-5-11(1)9(12)10(13)14/h1-2,9-10H,3-8H2/t9-,10+. The van der Waals surface area contributed by atoms with Crippen molar-refractivity contribution in [2.45, 2.75) is 12.3 Å². The minimum absolute atomic E-state index is 0.625. The first-order chi connectivity index (χ1) is 6.93. The zero-order valence-electron chi connectivity index (χ0n) is 8.34. The molecule has 0 spiro atoms. The van der Waals surface area contributed by atoms with Gasteiger partial charge in [0.25, 0.3) is 0 Å². The van der Waals surface area contributed by atoms with Crippen molar-refractivity contribution in [3.63, 3.8) is 0 Å². The fourth-order valence-corrected chi connectivity index (χ4v) is 3.40. The van der Waals surface area contributed by atoms with Crippen LogP contribution in [0.1, 0.15) is 0 Å². The maximum Gasteiger partial charge on any atom is 0.131 e. The molecule has 0 aromatic rings. The van der Waals surface area contributed by atoms with Crippen LogP contribution < -0.4 is 0 Å². The fraction of sp³-hybridized carbons (Fsp3) is 0.800. The highest BCUT2D eigenvalue weighted by atomic mass is 15.6. The molecule has 0 amide bonds. The lowest BCUT2D eigenvalue weighted by Gasteiger charge is -2.50. The van der Waals surface area contributed by atoms with E-state index >= 15 is 0 Å². The first kappa shape index (κ1) is 7.54. The zero-order chi connectivity index (χ0) is 9.12. The Hall–Kier alpha value is -0.740. The van der Waals surface area contributed by atoms with Crippen molar-refractivity contribution in [3.8, 4) is 0 Å². The Balaban J connectivity index is 1.75. The van der Waals surface area contributed by atoms with Crippen LogP contribution in [0.15, 0.2) is 12.4 Å². The maximum atomic E-state index is 2.65. The van der Waals surface area contributed by atoms with Gasteiger partial charge in [-0.25, -0.2) is 0 Å². The third-order valence-electron chi connectivity index (χ3n) is 4.11. The molecule has 0 aliphatic carbocycles. The summed E-state index contributed by atoms with van der Waals surface area (Å²) < 4.78 is 0. The molecule has 0 radical (unpaired) electrons. The molecule has 0 aromatic carbocycles. The summed E-state index contributed by atoms with van der Waals surface area (Å²) in [6.45, 7) is 7.47. The highest BCUT2D eigenvalue weighted by Gasteiger charge is 2.49. The Morgan fingerprint density at radius 2 is 1.14 bits per heavy atom. The minimum atomic E-state index is 0.625. The van der Waals surface area contributed by atoms with Gasteiger partial charge in [0.15, 0.2) is 0 Å². The van der Waals surface area contributed by atoms with Crippen LogP contribution in [0.5, 0.6) is 0 Å². The SMILES string of the molecule is C1=CN2CCN3CCN4CCN1[C@H]2[C@H]34. The third-order valence-corrected chi connectivity index (χ3v) is 4.11. The van der Waals surface area contributed by atoms with Crippen molar-refractivity contribution in [3.05, 3.63) is 12.4 Å². The van der Waals surface area contributed by atoms with Crippen LogP contribution >= 0.6 is 0 Å². The van der Waals surface area contributed by atoms with Crippen LogP contribution in [0.3, 0.4) is 0 Å². The second-order valence-corrected chi connectivity index (χ2v) is 4.67. The molecular weight excluding hydrogens is 176 g/mol. The lowest BCUT2D eigenvalue weighted by Crippen LogP contribution is -2.66. The number of hydrogen-bond donors (Lipinski definition) is 0. The quantitative estimate of drug-likeness (QED) is 0.507. The lowest BCUT2D eigenvalue weighted by atomic mass is 10.2. The van der Waals surface area contributed by atoms with Crippen molar-refractivity contribution < 1.29 is 0 Å². The van der Waals surface area contributed by atoms with E-state index in [-0.39, 0.29) is 0 Å². The van der Waals surface area contributed by atoms with E-state index in [0.29, 0.717) is 12.3 Å². The third kappa shape index (κ3) is 0.769. The van der Waals surface area contributed by atoms with Crippen LogP contribution in [0.2, 0.25) is 0 Å². The molecule has 76 valence electrons. The second-order valence-electron chi connectivity index (χ2n) is 4.67. The molecule has 0 aromatic heterocycles. The van der Waals surface area contributed by atoms with Crippen LogP contribution in [0.25, 0.3) is 0 Å². The van der Waals surface area contributed by atoms with Gasteiger partial charge in [0.2, 0.25) is 0 Å².